The Bertz CT molecular complexity index is 556. The van der Waals surface area contributed by atoms with E-state index in [2.05, 4.69) is 20.8 Å². The van der Waals surface area contributed by atoms with E-state index in [9.17, 15) is 4.79 Å². The predicted molar refractivity (Wildman–Crippen MR) is 87.8 cm³/mol. The van der Waals surface area contributed by atoms with Gasteiger partial charge in [0.05, 0.1) is 0 Å². The average molecular weight is 286 g/mol. The number of carbonyl (C=O) groups is 1. The van der Waals surface area contributed by atoms with E-state index in [1.54, 1.807) is 23.5 Å². The molecule has 0 N–H and O–H groups in total. The predicted octanol–water partition coefficient (Wildman–Crippen LogP) is 5.41. The van der Waals surface area contributed by atoms with Gasteiger partial charge in [0.25, 0.3) is 0 Å². The summed E-state index contributed by atoms with van der Waals surface area (Å²) in [4.78, 5) is 13.0. The molecule has 1 aromatic rings. The van der Waals surface area contributed by atoms with Crippen molar-refractivity contribution < 1.29 is 4.79 Å². The van der Waals surface area contributed by atoms with Gasteiger partial charge in [-0.25, -0.2) is 0 Å². The second-order valence-electron chi connectivity index (χ2n) is 6.02. The molecule has 2 heteroatoms. The SMILES string of the molecule is CC1=C(/C=C/C(=O)/C=C/c2cccs2)C(C)(C)CCC1. The molecule has 0 fully saturated rings. The normalized spacial score (nSPS) is 19.1. The molecule has 106 valence electrons. The first-order valence-corrected chi connectivity index (χ1v) is 8.01. The van der Waals surface area contributed by atoms with Crippen molar-refractivity contribution in [3.05, 3.63) is 51.8 Å². The summed E-state index contributed by atoms with van der Waals surface area (Å²) in [7, 11) is 0. The van der Waals surface area contributed by atoms with E-state index in [1.165, 1.54) is 24.0 Å². The molecule has 0 saturated carbocycles. The molecule has 0 spiro atoms. The number of rotatable bonds is 4. The number of carbonyl (C=O) groups excluding carboxylic acids is 1. The second-order valence-corrected chi connectivity index (χ2v) is 7.00. The fourth-order valence-corrected chi connectivity index (χ4v) is 3.40. The Morgan fingerprint density at radius 3 is 2.70 bits per heavy atom. The number of hydrogen-bond donors (Lipinski definition) is 0. The summed E-state index contributed by atoms with van der Waals surface area (Å²) < 4.78 is 0. The van der Waals surface area contributed by atoms with Gasteiger partial charge in [0.15, 0.2) is 5.78 Å². The van der Waals surface area contributed by atoms with E-state index in [4.69, 9.17) is 0 Å². The maximum absolute atomic E-state index is 11.9. The molecule has 0 aromatic carbocycles. The van der Waals surface area contributed by atoms with Gasteiger partial charge in [-0.3, -0.25) is 4.79 Å². The molecule has 0 aliphatic heterocycles. The van der Waals surface area contributed by atoms with Gasteiger partial charge >= 0.3 is 0 Å². The lowest BCUT2D eigenvalue weighted by molar-refractivity contribution is -0.110. The third-order valence-corrected chi connectivity index (χ3v) is 4.75. The Labute approximate surface area is 125 Å². The number of ketones is 1. The molecular weight excluding hydrogens is 264 g/mol. The average Bonchev–Trinajstić information content (AvgIpc) is 2.88. The number of thiophene rings is 1. The molecule has 0 amide bonds. The Hall–Kier alpha value is -1.41. The summed E-state index contributed by atoms with van der Waals surface area (Å²) in [5.74, 6) is 0.0556. The van der Waals surface area contributed by atoms with Crippen LogP contribution in [0.25, 0.3) is 6.08 Å². The van der Waals surface area contributed by atoms with E-state index in [0.29, 0.717) is 0 Å². The zero-order valence-electron chi connectivity index (χ0n) is 12.5. The van der Waals surface area contributed by atoms with Crippen molar-refractivity contribution in [2.45, 2.75) is 40.0 Å². The van der Waals surface area contributed by atoms with Gasteiger partial charge in [0, 0.05) is 4.88 Å². The summed E-state index contributed by atoms with van der Waals surface area (Å²) in [5.41, 5.74) is 2.95. The molecule has 1 aliphatic carbocycles. The first-order chi connectivity index (χ1) is 9.49. The summed E-state index contributed by atoms with van der Waals surface area (Å²) in [6.07, 6.45) is 10.9. The van der Waals surface area contributed by atoms with Crippen molar-refractivity contribution in [1.82, 2.24) is 0 Å². The van der Waals surface area contributed by atoms with Crippen LogP contribution in [-0.4, -0.2) is 5.78 Å². The third kappa shape index (κ3) is 3.80. The standard InChI is InChI=1S/C18H22OS/c1-14-6-4-12-18(2,3)17(14)11-9-15(19)8-10-16-7-5-13-20-16/h5,7-11,13H,4,6,12H2,1-3H3/b10-8+,11-9+. The Kier molecular flexibility index (Phi) is 4.77. The summed E-state index contributed by atoms with van der Waals surface area (Å²) in [6, 6.07) is 4.00. The second kappa shape index (κ2) is 6.36. The van der Waals surface area contributed by atoms with Crippen molar-refractivity contribution >= 4 is 23.2 Å². The molecule has 0 saturated heterocycles. The zero-order chi connectivity index (χ0) is 14.6. The van der Waals surface area contributed by atoms with E-state index in [1.807, 2.05) is 29.7 Å². The van der Waals surface area contributed by atoms with Crippen LogP contribution in [0.1, 0.15) is 44.9 Å². The van der Waals surface area contributed by atoms with Crippen molar-refractivity contribution in [3.8, 4) is 0 Å². The molecule has 2 rings (SSSR count). The maximum atomic E-state index is 11.9. The van der Waals surface area contributed by atoms with Crippen LogP contribution in [0.3, 0.4) is 0 Å². The van der Waals surface area contributed by atoms with E-state index in [-0.39, 0.29) is 11.2 Å². The lowest BCUT2D eigenvalue weighted by Gasteiger charge is -2.32. The summed E-state index contributed by atoms with van der Waals surface area (Å²) >= 11 is 1.64. The minimum Gasteiger partial charge on any atom is -0.290 e. The molecule has 0 radical (unpaired) electrons. The van der Waals surface area contributed by atoms with Crippen molar-refractivity contribution in [2.24, 2.45) is 5.41 Å². The van der Waals surface area contributed by atoms with Crippen molar-refractivity contribution in [1.29, 1.82) is 0 Å². The van der Waals surface area contributed by atoms with Gasteiger partial charge in [-0.15, -0.1) is 11.3 Å². The molecule has 1 aromatic heterocycles. The molecular formula is C18H22OS. The monoisotopic (exact) mass is 286 g/mol. The molecule has 0 unspecified atom stereocenters. The fraction of sp³-hybridized carbons (Fsp3) is 0.389. The Balaban J connectivity index is 2.07. The molecule has 1 heterocycles. The highest BCUT2D eigenvalue weighted by Gasteiger charge is 2.26. The molecule has 20 heavy (non-hydrogen) atoms. The topological polar surface area (TPSA) is 17.1 Å². The van der Waals surface area contributed by atoms with Crippen molar-refractivity contribution in [2.75, 3.05) is 0 Å². The van der Waals surface area contributed by atoms with Crippen LogP contribution in [0.2, 0.25) is 0 Å². The van der Waals surface area contributed by atoms with E-state index < -0.39 is 0 Å². The van der Waals surface area contributed by atoms with Crippen LogP contribution in [0.5, 0.6) is 0 Å². The van der Waals surface area contributed by atoms with Crippen LogP contribution in [0, 0.1) is 5.41 Å². The van der Waals surface area contributed by atoms with Crippen LogP contribution >= 0.6 is 11.3 Å². The van der Waals surface area contributed by atoms with Crippen LogP contribution in [0.4, 0.5) is 0 Å². The highest BCUT2D eigenvalue weighted by atomic mass is 32.1. The molecule has 1 aliphatic rings. The first-order valence-electron chi connectivity index (χ1n) is 7.13. The van der Waals surface area contributed by atoms with Gasteiger partial charge in [0.1, 0.15) is 0 Å². The Morgan fingerprint density at radius 2 is 2.05 bits per heavy atom. The highest BCUT2D eigenvalue weighted by Crippen LogP contribution is 2.40. The third-order valence-electron chi connectivity index (χ3n) is 3.91. The van der Waals surface area contributed by atoms with Gasteiger partial charge in [-0.1, -0.05) is 31.6 Å². The van der Waals surface area contributed by atoms with Gasteiger partial charge in [0.2, 0.25) is 0 Å². The molecule has 0 bridgehead atoms. The fourth-order valence-electron chi connectivity index (χ4n) is 2.78. The molecule has 1 nitrogen and oxygen atoms in total. The van der Waals surface area contributed by atoms with Gasteiger partial charge in [-0.2, -0.15) is 0 Å². The summed E-state index contributed by atoms with van der Waals surface area (Å²) in [5, 5.41) is 2.01. The first kappa shape index (κ1) is 15.0. The molecule has 0 atom stereocenters. The van der Waals surface area contributed by atoms with Crippen LogP contribution in [-0.2, 0) is 4.79 Å². The van der Waals surface area contributed by atoms with E-state index in [0.717, 1.165) is 11.3 Å². The number of allylic oxidation sites excluding steroid dienone is 5. The van der Waals surface area contributed by atoms with Gasteiger partial charge in [-0.05, 0) is 66.8 Å². The van der Waals surface area contributed by atoms with E-state index >= 15 is 0 Å². The summed E-state index contributed by atoms with van der Waals surface area (Å²) in [6.45, 7) is 6.72. The highest BCUT2D eigenvalue weighted by molar-refractivity contribution is 7.10. The van der Waals surface area contributed by atoms with Crippen molar-refractivity contribution in [3.63, 3.8) is 0 Å². The lowest BCUT2D eigenvalue weighted by Crippen LogP contribution is -2.19. The van der Waals surface area contributed by atoms with Gasteiger partial charge < -0.3 is 0 Å². The Morgan fingerprint density at radius 1 is 1.30 bits per heavy atom. The number of hydrogen-bond acceptors (Lipinski definition) is 2. The van der Waals surface area contributed by atoms with Crippen LogP contribution < -0.4 is 0 Å². The van der Waals surface area contributed by atoms with Crippen LogP contribution in [0.15, 0.2) is 46.9 Å². The smallest absolute Gasteiger partial charge is 0.178 e. The lowest BCUT2D eigenvalue weighted by atomic mass is 9.72. The maximum Gasteiger partial charge on any atom is 0.178 e. The minimum absolute atomic E-state index is 0.0556. The minimum atomic E-state index is 0.0556. The zero-order valence-corrected chi connectivity index (χ0v) is 13.3. The largest absolute Gasteiger partial charge is 0.290 e. The quantitative estimate of drug-likeness (QED) is 0.676.